The maximum absolute atomic E-state index is 13.6. The van der Waals surface area contributed by atoms with Crippen LogP contribution in [0.3, 0.4) is 0 Å². The second-order valence-electron chi connectivity index (χ2n) is 5.29. The van der Waals surface area contributed by atoms with Crippen LogP contribution in [0.15, 0.2) is 6.20 Å². The van der Waals surface area contributed by atoms with E-state index in [9.17, 15) is 4.39 Å². The number of hydrogen-bond donors (Lipinski definition) is 2. The molecule has 0 saturated heterocycles. The zero-order valence-electron chi connectivity index (χ0n) is 12.3. The van der Waals surface area contributed by atoms with Crippen molar-refractivity contribution in [2.24, 2.45) is 5.92 Å². The molecule has 0 aliphatic heterocycles. The van der Waals surface area contributed by atoms with Crippen LogP contribution in [0, 0.1) is 11.7 Å². The first-order valence-electron chi connectivity index (χ1n) is 7.05. The highest BCUT2D eigenvalue weighted by Crippen LogP contribution is 2.15. The van der Waals surface area contributed by atoms with E-state index in [0.29, 0.717) is 11.9 Å². The van der Waals surface area contributed by atoms with Crippen molar-refractivity contribution in [3.8, 4) is 0 Å². The minimum absolute atomic E-state index is 0.206. The first-order chi connectivity index (χ1) is 9.02. The normalized spacial score (nSPS) is 12.5. The lowest BCUT2D eigenvalue weighted by Crippen LogP contribution is -2.18. The number of rotatable bonds is 8. The first-order valence-corrected chi connectivity index (χ1v) is 7.05. The van der Waals surface area contributed by atoms with Crippen molar-refractivity contribution in [2.75, 3.05) is 17.2 Å². The minimum atomic E-state index is -0.405. The van der Waals surface area contributed by atoms with Crippen molar-refractivity contribution in [1.82, 2.24) is 9.97 Å². The molecule has 1 aromatic rings. The molecule has 2 N–H and O–H groups in total. The molecule has 0 bridgehead atoms. The smallest absolute Gasteiger partial charge is 0.224 e. The van der Waals surface area contributed by atoms with E-state index >= 15 is 0 Å². The highest BCUT2D eigenvalue weighted by Gasteiger charge is 2.10. The summed E-state index contributed by atoms with van der Waals surface area (Å²) in [5, 5.41) is 6.09. The van der Waals surface area contributed by atoms with Crippen LogP contribution in [0.2, 0.25) is 0 Å². The van der Waals surface area contributed by atoms with Crippen LogP contribution in [0.1, 0.15) is 47.0 Å². The van der Waals surface area contributed by atoms with Gasteiger partial charge in [0.2, 0.25) is 5.95 Å². The van der Waals surface area contributed by atoms with Crippen LogP contribution in [-0.4, -0.2) is 22.6 Å². The Kier molecular flexibility index (Phi) is 6.53. The van der Waals surface area contributed by atoms with E-state index in [4.69, 9.17) is 0 Å². The Morgan fingerprint density at radius 1 is 1.26 bits per heavy atom. The van der Waals surface area contributed by atoms with Crippen molar-refractivity contribution < 1.29 is 4.39 Å². The Bertz CT molecular complexity index is 382. The summed E-state index contributed by atoms with van der Waals surface area (Å²) in [5.74, 6) is 1.05. The number of aromatic nitrogens is 2. The summed E-state index contributed by atoms with van der Waals surface area (Å²) in [4.78, 5) is 8.02. The highest BCUT2D eigenvalue weighted by atomic mass is 19.1. The molecule has 0 saturated carbocycles. The lowest BCUT2D eigenvalue weighted by molar-refractivity contribution is 0.518. The molecule has 0 aromatic carbocycles. The molecular weight excluding hydrogens is 243 g/mol. The third-order valence-corrected chi connectivity index (χ3v) is 2.88. The van der Waals surface area contributed by atoms with E-state index in [0.717, 1.165) is 19.4 Å². The number of anilines is 2. The lowest BCUT2D eigenvalue weighted by Gasteiger charge is -2.16. The summed E-state index contributed by atoms with van der Waals surface area (Å²) < 4.78 is 13.6. The van der Waals surface area contributed by atoms with E-state index in [1.54, 1.807) is 0 Å². The number of hydrogen-bond acceptors (Lipinski definition) is 4. The van der Waals surface area contributed by atoms with Crippen molar-refractivity contribution >= 4 is 11.8 Å². The lowest BCUT2D eigenvalue weighted by atomic mass is 10.0. The predicted molar refractivity (Wildman–Crippen MR) is 77.9 cm³/mol. The second-order valence-corrected chi connectivity index (χ2v) is 5.29. The SMILES string of the molecule is CCNc1ncc(F)c(NC(C)CCCC(C)C)n1. The molecular formula is C14H25FN4. The van der Waals surface area contributed by atoms with Gasteiger partial charge >= 0.3 is 0 Å². The van der Waals surface area contributed by atoms with Gasteiger partial charge in [0, 0.05) is 12.6 Å². The Morgan fingerprint density at radius 2 is 2.00 bits per heavy atom. The molecule has 0 radical (unpaired) electrons. The van der Waals surface area contributed by atoms with Crippen LogP contribution in [0.4, 0.5) is 16.2 Å². The van der Waals surface area contributed by atoms with Gasteiger partial charge in [0.1, 0.15) is 0 Å². The molecule has 0 aliphatic rings. The molecule has 0 fully saturated rings. The maximum Gasteiger partial charge on any atom is 0.224 e. The van der Waals surface area contributed by atoms with Gasteiger partial charge in [-0.3, -0.25) is 0 Å². The standard InChI is InChI=1S/C14H25FN4/c1-5-16-14-17-9-12(15)13(19-14)18-11(4)8-6-7-10(2)3/h9-11H,5-8H2,1-4H3,(H2,16,17,18,19). The van der Waals surface area contributed by atoms with E-state index in [2.05, 4.69) is 41.4 Å². The highest BCUT2D eigenvalue weighted by molar-refractivity contribution is 5.41. The van der Waals surface area contributed by atoms with Crippen LogP contribution in [0.25, 0.3) is 0 Å². The number of halogens is 1. The Morgan fingerprint density at radius 3 is 2.63 bits per heavy atom. The molecule has 19 heavy (non-hydrogen) atoms. The predicted octanol–water partition coefficient (Wildman–Crippen LogP) is 3.67. The third-order valence-electron chi connectivity index (χ3n) is 2.88. The van der Waals surface area contributed by atoms with Crippen LogP contribution >= 0.6 is 0 Å². The third kappa shape index (κ3) is 5.85. The summed E-state index contributed by atoms with van der Waals surface area (Å²) in [6.45, 7) is 9.15. The topological polar surface area (TPSA) is 49.8 Å². The molecule has 1 aromatic heterocycles. The van der Waals surface area contributed by atoms with Gasteiger partial charge in [0.15, 0.2) is 11.6 Å². The summed E-state index contributed by atoms with van der Waals surface area (Å²) in [6.07, 6.45) is 4.55. The molecule has 4 nitrogen and oxygen atoms in total. The average Bonchev–Trinajstić information content (AvgIpc) is 2.33. The quantitative estimate of drug-likeness (QED) is 0.755. The molecule has 1 atom stereocenters. The van der Waals surface area contributed by atoms with E-state index in [1.807, 2.05) is 6.92 Å². The Hall–Kier alpha value is -1.39. The van der Waals surface area contributed by atoms with Gasteiger partial charge in [-0.2, -0.15) is 4.98 Å². The molecule has 1 unspecified atom stereocenters. The van der Waals surface area contributed by atoms with Gasteiger partial charge < -0.3 is 10.6 Å². The van der Waals surface area contributed by atoms with Crippen molar-refractivity contribution in [1.29, 1.82) is 0 Å². The molecule has 1 rings (SSSR count). The summed E-state index contributed by atoms with van der Waals surface area (Å²) in [5.41, 5.74) is 0. The van der Waals surface area contributed by atoms with Crippen LogP contribution in [-0.2, 0) is 0 Å². The van der Waals surface area contributed by atoms with Gasteiger partial charge in [-0.15, -0.1) is 0 Å². The van der Waals surface area contributed by atoms with Crippen molar-refractivity contribution in [2.45, 2.75) is 53.0 Å². The van der Waals surface area contributed by atoms with Gasteiger partial charge in [-0.05, 0) is 26.2 Å². The fourth-order valence-corrected chi connectivity index (χ4v) is 1.85. The fourth-order valence-electron chi connectivity index (χ4n) is 1.85. The molecule has 5 heteroatoms. The Labute approximate surface area is 115 Å². The molecule has 0 aliphatic carbocycles. The van der Waals surface area contributed by atoms with Gasteiger partial charge in [-0.1, -0.05) is 26.7 Å². The van der Waals surface area contributed by atoms with E-state index < -0.39 is 5.82 Å². The Balaban J connectivity index is 2.52. The minimum Gasteiger partial charge on any atom is -0.365 e. The number of nitrogens with one attached hydrogen (secondary N) is 2. The van der Waals surface area contributed by atoms with E-state index in [1.165, 1.54) is 12.6 Å². The van der Waals surface area contributed by atoms with Crippen LogP contribution < -0.4 is 10.6 Å². The molecule has 0 spiro atoms. The molecule has 1 heterocycles. The summed E-state index contributed by atoms with van der Waals surface area (Å²) in [6, 6.07) is 0.206. The fraction of sp³-hybridized carbons (Fsp3) is 0.714. The average molecular weight is 268 g/mol. The van der Waals surface area contributed by atoms with Gasteiger partial charge in [0.05, 0.1) is 6.20 Å². The zero-order valence-corrected chi connectivity index (χ0v) is 12.3. The zero-order chi connectivity index (χ0) is 14.3. The molecule has 0 amide bonds. The first kappa shape index (κ1) is 15.7. The second kappa shape index (κ2) is 7.92. The maximum atomic E-state index is 13.6. The molecule has 108 valence electrons. The van der Waals surface area contributed by atoms with E-state index in [-0.39, 0.29) is 11.9 Å². The van der Waals surface area contributed by atoms with Crippen molar-refractivity contribution in [3.63, 3.8) is 0 Å². The van der Waals surface area contributed by atoms with Gasteiger partial charge in [0.25, 0.3) is 0 Å². The number of nitrogens with zero attached hydrogens (tertiary/aromatic N) is 2. The largest absolute Gasteiger partial charge is 0.365 e. The summed E-state index contributed by atoms with van der Waals surface area (Å²) in [7, 11) is 0. The van der Waals surface area contributed by atoms with Crippen molar-refractivity contribution in [3.05, 3.63) is 12.0 Å². The summed E-state index contributed by atoms with van der Waals surface area (Å²) >= 11 is 0. The van der Waals surface area contributed by atoms with Gasteiger partial charge in [-0.25, -0.2) is 9.37 Å². The monoisotopic (exact) mass is 268 g/mol. The van der Waals surface area contributed by atoms with Crippen LogP contribution in [0.5, 0.6) is 0 Å².